The number of benzene rings is 2. The van der Waals surface area contributed by atoms with Crippen LogP contribution in [0.4, 0.5) is 10.1 Å². The molecule has 0 aliphatic rings. The second kappa shape index (κ2) is 10.5. The molecular weight excluding hydrogens is 526 g/mol. The number of ether oxygens (including phenoxy) is 1. The van der Waals surface area contributed by atoms with Crippen molar-refractivity contribution in [2.45, 2.75) is 13.8 Å². The normalized spacial score (nSPS) is 12.8. The Balaban J connectivity index is 1.50. The molecule has 7 nitrogen and oxygen atoms in total. The molecule has 0 fully saturated rings. The average Bonchev–Trinajstić information content (AvgIpc) is 3.53. The Bertz CT molecular complexity index is 1650. The SMILES string of the molecule is CCOP(=O)(Nc1cc(-c2ccc(-c3cc4ncccc4o3)cc2)sc1C(=O)OC)c1ccc(C)cc1F. The van der Waals surface area contributed by atoms with Crippen LogP contribution in [0.2, 0.25) is 0 Å². The van der Waals surface area contributed by atoms with Gasteiger partial charge in [-0.2, -0.15) is 0 Å². The van der Waals surface area contributed by atoms with Gasteiger partial charge in [-0.3, -0.25) is 9.55 Å². The number of hydrogen-bond donors (Lipinski definition) is 1. The minimum atomic E-state index is -3.91. The van der Waals surface area contributed by atoms with Crippen LogP contribution < -0.4 is 10.4 Å². The monoisotopic (exact) mass is 550 g/mol. The standard InChI is InChI=1S/C28H24FN2O5PS/c1-4-35-37(33,25-12-7-17(2)14-20(25)29)31-22-16-26(38-27(22)28(32)34-3)19-10-8-18(9-11-19)24-15-21-23(36-24)6-5-13-30-21/h5-16H,4H2,1-3H3,(H,31,33). The number of carbonyl (C=O) groups excluding carboxylic acids is 1. The first-order chi connectivity index (χ1) is 18.3. The van der Waals surface area contributed by atoms with Crippen molar-refractivity contribution in [2.75, 3.05) is 18.8 Å². The number of esters is 1. The summed E-state index contributed by atoms with van der Waals surface area (Å²) >= 11 is 1.17. The number of nitrogens with zero attached hydrogens (tertiary/aromatic N) is 1. The Morgan fingerprint density at radius 1 is 1.11 bits per heavy atom. The summed E-state index contributed by atoms with van der Waals surface area (Å²) in [4.78, 5) is 17.8. The lowest BCUT2D eigenvalue weighted by atomic mass is 10.1. The average molecular weight is 551 g/mol. The molecule has 5 rings (SSSR count). The zero-order chi connectivity index (χ0) is 26.9. The van der Waals surface area contributed by atoms with Crippen molar-refractivity contribution in [3.05, 3.63) is 89.2 Å². The van der Waals surface area contributed by atoms with E-state index in [9.17, 15) is 13.8 Å². The van der Waals surface area contributed by atoms with Crippen LogP contribution in [0, 0.1) is 12.7 Å². The number of furan rings is 1. The van der Waals surface area contributed by atoms with E-state index in [0.717, 1.165) is 21.5 Å². The van der Waals surface area contributed by atoms with Gasteiger partial charge >= 0.3 is 13.5 Å². The number of thiophene rings is 1. The lowest BCUT2D eigenvalue weighted by Crippen LogP contribution is -2.18. The summed E-state index contributed by atoms with van der Waals surface area (Å²) in [6.07, 6.45) is 1.71. The van der Waals surface area contributed by atoms with E-state index in [4.69, 9.17) is 13.7 Å². The number of anilines is 1. The van der Waals surface area contributed by atoms with Crippen LogP contribution in [0.25, 0.3) is 32.9 Å². The zero-order valence-corrected chi connectivity index (χ0v) is 22.6. The minimum Gasteiger partial charge on any atom is -0.465 e. The van der Waals surface area contributed by atoms with Crippen LogP contribution >= 0.6 is 18.9 Å². The summed E-state index contributed by atoms with van der Waals surface area (Å²) in [6.45, 7) is 3.48. The van der Waals surface area contributed by atoms with Crippen molar-refractivity contribution < 1.29 is 27.4 Å². The number of aromatic nitrogens is 1. The number of methoxy groups -OCH3 is 1. The molecule has 1 unspecified atom stereocenters. The second-order valence-electron chi connectivity index (χ2n) is 8.46. The van der Waals surface area contributed by atoms with Crippen molar-refractivity contribution in [2.24, 2.45) is 0 Å². The molecule has 0 aliphatic heterocycles. The number of rotatable bonds is 8. The molecule has 0 spiro atoms. The third-order valence-corrected chi connectivity index (χ3v) is 9.16. The number of fused-ring (bicyclic) bond motifs is 1. The molecule has 3 heterocycles. The molecule has 38 heavy (non-hydrogen) atoms. The van der Waals surface area contributed by atoms with Gasteiger partial charge in [0.2, 0.25) is 0 Å². The second-order valence-corrected chi connectivity index (χ2v) is 11.6. The van der Waals surface area contributed by atoms with Gasteiger partial charge in [0.05, 0.1) is 24.7 Å². The van der Waals surface area contributed by atoms with Crippen molar-refractivity contribution in [1.29, 1.82) is 0 Å². The fourth-order valence-electron chi connectivity index (χ4n) is 4.02. The van der Waals surface area contributed by atoms with Gasteiger partial charge in [0, 0.05) is 22.7 Å². The van der Waals surface area contributed by atoms with E-state index in [1.165, 1.54) is 30.6 Å². The molecule has 1 atom stereocenters. The molecule has 3 aromatic heterocycles. The van der Waals surface area contributed by atoms with E-state index in [-0.39, 0.29) is 22.5 Å². The quantitative estimate of drug-likeness (QED) is 0.159. The molecule has 0 radical (unpaired) electrons. The number of nitrogens with one attached hydrogen (secondary N) is 1. The van der Waals surface area contributed by atoms with E-state index < -0.39 is 19.3 Å². The molecule has 0 aliphatic carbocycles. The molecule has 194 valence electrons. The number of aryl methyl sites for hydroxylation is 1. The van der Waals surface area contributed by atoms with Gasteiger partial charge in [-0.05, 0) is 55.3 Å². The van der Waals surface area contributed by atoms with Crippen LogP contribution in [0.3, 0.4) is 0 Å². The first-order valence-corrected chi connectivity index (χ1v) is 14.2. The Kier molecular flexibility index (Phi) is 7.17. The fourth-order valence-corrected chi connectivity index (χ4v) is 6.93. The molecule has 5 aromatic rings. The van der Waals surface area contributed by atoms with Crippen LogP contribution in [0.5, 0.6) is 0 Å². The molecular formula is C28H24FN2O5PS. The molecule has 0 amide bonds. The van der Waals surface area contributed by atoms with E-state index in [1.807, 2.05) is 42.5 Å². The topological polar surface area (TPSA) is 90.7 Å². The summed E-state index contributed by atoms with van der Waals surface area (Å²) in [5, 5.41) is 2.74. The molecule has 0 bridgehead atoms. The van der Waals surface area contributed by atoms with E-state index in [2.05, 4.69) is 10.1 Å². The van der Waals surface area contributed by atoms with Gasteiger partial charge in [-0.1, -0.05) is 30.3 Å². The van der Waals surface area contributed by atoms with Gasteiger partial charge in [-0.25, -0.2) is 9.18 Å². The molecule has 0 saturated heterocycles. The first-order valence-electron chi connectivity index (χ1n) is 11.8. The highest BCUT2D eigenvalue weighted by atomic mass is 32.1. The van der Waals surface area contributed by atoms with Gasteiger partial charge in [0.1, 0.15) is 22.0 Å². The highest BCUT2D eigenvalue weighted by molar-refractivity contribution is 7.68. The van der Waals surface area contributed by atoms with Crippen molar-refractivity contribution in [3.8, 4) is 21.8 Å². The van der Waals surface area contributed by atoms with Crippen molar-refractivity contribution in [3.63, 3.8) is 0 Å². The molecule has 1 N–H and O–H groups in total. The number of halogens is 1. The lowest BCUT2D eigenvalue weighted by molar-refractivity contribution is 0.0607. The number of carbonyl (C=O) groups is 1. The summed E-state index contributed by atoms with van der Waals surface area (Å²) in [6, 6.07) is 19.2. The Hall–Kier alpha value is -3.78. The van der Waals surface area contributed by atoms with Gasteiger partial charge in [0.15, 0.2) is 5.58 Å². The van der Waals surface area contributed by atoms with Crippen LogP contribution in [0.15, 0.2) is 77.3 Å². The molecule has 0 saturated carbocycles. The maximum absolute atomic E-state index is 14.8. The van der Waals surface area contributed by atoms with E-state index in [1.54, 1.807) is 32.2 Å². The third kappa shape index (κ3) is 5.00. The van der Waals surface area contributed by atoms with Gasteiger partial charge in [0.25, 0.3) is 0 Å². The smallest absolute Gasteiger partial charge is 0.350 e. The van der Waals surface area contributed by atoms with Crippen LogP contribution in [-0.2, 0) is 13.8 Å². The predicted octanol–water partition coefficient (Wildman–Crippen LogP) is 7.42. The molecule has 10 heteroatoms. The Morgan fingerprint density at radius 2 is 1.87 bits per heavy atom. The third-order valence-electron chi connectivity index (χ3n) is 5.84. The maximum atomic E-state index is 14.8. The zero-order valence-electron chi connectivity index (χ0n) is 20.9. The largest absolute Gasteiger partial charge is 0.465 e. The van der Waals surface area contributed by atoms with Crippen LogP contribution in [0.1, 0.15) is 22.2 Å². The predicted molar refractivity (Wildman–Crippen MR) is 148 cm³/mol. The lowest BCUT2D eigenvalue weighted by Gasteiger charge is -2.21. The summed E-state index contributed by atoms with van der Waals surface area (Å²) in [5.74, 6) is -0.574. The molecule has 2 aromatic carbocycles. The fraction of sp³-hybridized carbons (Fsp3) is 0.143. The Morgan fingerprint density at radius 3 is 2.55 bits per heavy atom. The summed E-state index contributed by atoms with van der Waals surface area (Å²) in [7, 11) is -2.65. The summed E-state index contributed by atoms with van der Waals surface area (Å²) < 4.78 is 45.1. The highest BCUT2D eigenvalue weighted by Gasteiger charge is 2.32. The van der Waals surface area contributed by atoms with Gasteiger partial charge in [-0.15, -0.1) is 11.3 Å². The number of pyridine rings is 1. The van der Waals surface area contributed by atoms with Gasteiger partial charge < -0.3 is 18.8 Å². The maximum Gasteiger partial charge on any atom is 0.350 e. The first kappa shape index (κ1) is 25.9. The minimum absolute atomic E-state index is 0.0704. The number of hydrogen-bond acceptors (Lipinski definition) is 7. The van der Waals surface area contributed by atoms with Crippen molar-refractivity contribution >= 4 is 46.9 Å². The van der Waals surface area contributed by atoms with Crippen molar-refractivity contribution in [1.82, 2.24) is 4.98 Å². The summed E-state index contributed by atoms with van der Waals surface area (Å²) in [5.41, 5.74) is 4.08. The van der Waals surface area contributed by atoms with E-state index in [0.29, 0.717) is 16.9 Å². The van der Waals surface area contributed by atoms with E-state index >= 15 is 0 Å². The Labute approximate surface area is 222 Å². The highest BCUT2D eigenvalue weighted by Crippen LogP contribution is 2.49. The van der Waals surface area contributed by atoms with Crippen LogP contribution in [-0.4, -0.2) is 24.7 Å².